The number of carbonyl (C=O) groups is 1. The van der Waals surface area contributed by atoms with Gasteiger partial charge in [0, 0.05) is 24.3 Å². The van der Waals surface area contributed by atoms with Crippen molar-refractivity contribution >= 4 is 23.5 Å². The maximum absolute atomic E-state index is 13.9. The van der Waals surface area contributed by atoms with Gasteiger partial charge >= 0.3 is 6.09 Å². The Kier molecular flexibility index (Phi) is 8.53. The van der Waals surface area contributed by atoms with Gasteiger partial charge in [-0.15, -0.1) is 0 Å². The minimum Gasteiger partial charge on any atom is -0.444 e. The number of unbranched alkanes of at least 4 members (excludes halogenated alkanes) is 2. The molecule has 0 saturated carbocycles. The monoisotopic (exact) mass is 460 g/mol. The molecule has 1 aromatic heterocycles. The van der Waals surface area contributed by atoms with E-state index < -0.39 is 11.9 Å². The van der Waals surface area contributed by atoms with Crippen LogP contribution in [0.4, 0.5) is 19.4 Å². The summed E-state index contributed by atoms with van der Waals surface area (Å²) in [7, 11) is 0. The average Bonchev–Trinajstić information content (AvgIpc) is 2.80. The Hall–Kier alpha value is -3.03. The number of carbonyl (C=O) groups excluding carboxylic acids is 1. The number of halogens is 3. The summed E-state index contributed by atoms with van der Waals surface area (Å²) in [6.45, 7) is 0.121. The Labute approximate surface area is 190 Å². The van der Waals surface area contributed by atoms with Gasteiger partial charge in [0.05, 0.1) is 10.7 Å². The van der Waals surface area contributed by atoms with Gasteiger partial charge < -0.3 is 9.84 Å². The highest BCUT2D eigenvalue weighted by atomic mass is 35.5. The van der Waals surface area contributed by atoms with Crippen molar-refractivity contribution < 1.29 is 23.4 Å². The van der Waals surface area contributed by atoms with Crippen LogP contribution in [0.2, 0.25) is 5.02 Å². The topological polar surface area (TPSA) is 62.7 Å². The summed E-state index contributed by atoms with van der Waals surface area (Å²) in [5, 5.41) is 9.36. The van der Waals surface area contributed by atoms with Crippen molar-refractivity contribution in [2.45, 2.75) is 25.9 Å². The molecule has 1 amide bonds. The second-order valence-electron chi connectivity index (χ2n) is 7.09. The first-order valence-corrected chi connectivity index (χ1v) is 10.6. The van der Waals surface area contributed by atoms with Crippen LogP contribution >= 0.6 is 11.6 Å². The molecular formula is C24H23ClF2N2O3. The number of nitrogens with zero attached hydrogens (tertiary/aromatic N) is 2. The third-order valence-electron chi connectivity index (χ3n) is 4.79. The second kappa shape index (κ2) is 11.5. The lowest BCUT2D eigenvalue weighted by atomic mass is 10.1. The highest BCUT2D eigenvalue weighted by Crippen LogP contribution is 2.29. The van der Waals surface area contributed by atoms with Crippen LogP contribution in [0.1, 0.15) is 24.8 Å². The van der Waals surface area contributed by atoms with Gasteiger partial charge in [0.15, 0.2) is 0 Å². The van der Waals surface area contributed by atoms with E-state index in [1.807, 2.05) is 0 Å². The fourth-order valence-electron chi connectivity index (χ4n) is 3.08. The highest BCUT2D eigenvalue weighted by molar-refractivity contribution is 6.33. The number of aliphatic hydroxyl groups excluding tert-OH is 1. The second-order valence-corrected chi connectivity index (χ2v) is 7.50. The SMILES string of the molecule is O=C(OCc1ccccc1F)N(CCCCCO)c1ccc(Cl)c(-c2ccc(F)cc2)n1. The summed E-state index contributed by atoms with van der Waals surface area (Å²) in [5.41, 5.74) is 1.25. The van der Waals surface area contributed by atoms with Crippen molar-refractivity contribution in [3.05, 3.63) is 82.9 Å². The molecular weight excluding hydrogens is 438 g/mol. The summed E-state index contributed by atoms with van der Waals surface area (Å²) in [4.78, 5) is 18.7. The molecule has 2 aromatic carbocycles. The maximum atomic E-state index is 13.9. The molecule has 0 saturated heterocycles. The Balaban J connectivity index is 1.84. The maximum Gasteiger partial charge on any atom is 0.415 e. The van der Waals surface area contributed by atoms with Crippen LogP contribution in [0.3, 0.4) is 0 Å². The lowest BCUT2D eigenvalue weighted by Crippen LogP contribution is -2.33. The van der Waals surface area contributed by atoms with E-state index in [9.17, 15) is 13.6 Å². The predicted molar refractivity (Wildman–Crippen MR) is 120 cm³/mol. The molecule has 0 aliphatic carbocycles. The van der Waals surface area contributed by atoms with Crippen LogP contribution < -0.4 is 4.90 Å². The third-order valence-corrected chi connectivity index (χ3v) is 5.10. The van der Waals surface area contributed by atoms with E-state index in [1.54, 1.807) is 42.5 Å². The number of benzene rings is 2. The van der Waals surface area contributed by atoms with Crippen molar-refractivity contribution in [3.8, 4) is 11.3 Å². The summed E-state index contributed by atoms with van der Waals surface area (Å²) in [6, 6.07) is 15.0. The van der Waals surface area contributed by atoms with E-state index in [4.69, 9.17) is 21.4 Å². The third kappa shape index (κ3) is 6.24. The number of hydrogen-bond donors (Lipinski definition) is 1. The van der Waals surface area contributed by atoms with E-state index in [0.717, 1.165) is 0 Å². The number of hydrogen-bond acceptors (Lipinski definition) is 4. The molecule has 3 rings (SSSR count). The first-order chi connectivity index (χ1) is 15.5. The summed E-state index contributed by atoms with van der Waals surface area (Å²) in [6.07, 6.45) is 1.22. The quantitative estimate of drug-likeness (QED) is 0.398. The normalized spacial score (nSPS) is 10.8. The molecule has 3 aromatic rings. The number of amides is 1. The molecule has 0 unspecified atom stereocenters. The van der Waals surface area contributed by atoms with E-state index in [0.29, 0.717) is 41.4 Å². The molecule has 0 aliphatic rings. The van der Waals surface area contributed by atoms with E-state index in [1.165, 1.54) is 23.1 Å². The first kappa shape index (κ1) is 23.6. The standard InChI is InChI=1S/C24H23ClF2N2O3/c25-20-12-13-22(28-23(20)17-8-10-19(26)11-9-17)29(14-4-1-5-15-30)24(31)32-16-18-6-2-3-7-21(18)27/h2-3,6-13,30H,1,4-5,14-16H2. The van der Waals surface area contributed by atoms with E-state index in [2.05, 4.69) is 4.98 Å². The Morgan fingerprint density at radius 1 is 1.00 bits per heavy atom. The molecule has 0 spiro atoms. The predicted octanol–water partition coefficient (Wildman–Crippen LogP) is 5.99. The van der Waals surface area contributed by atoms with Crippen molar-refractivity contribution in [2.24, 2.45) is 0 Å². The number of ether oxygens (including phenoxy) is 1. The molecule has 0 atom stereocenters. The van der Waals surface area contributed by atoms with Gasteiger partial charge in [-0.3, -0.25) is 4.90 Å². The van der Waals surface area contributed by atoms with Crippen molar-refractivity contribution in [1.82, 2.24) is 4.98 Å². The zero-order chi connectivity index (χ0) is 22.9. The van der Waals surface area contributed by atoms with Crippen molar-refractivity contribution in [1.29, 1.82) is 0 Å². The van der Waals surface area contributed by atoms with E-state index in [-0.39, 0.29) is 31.1 Å². The molecule has 0 fully saturated rings. The number of aliphatic hydroxyl groups is 1. The molecule has 0 radical (unpaired) electrons. The van der Waals surface area contributed by atoms with Gasteiger partial charge in [0.2, 0.25) is 0 Å². The smallest absolute Gasteiger partial charge is 0.415 e. The molecule has 168 valence electrons. The first-order valence-electron chi connectivity index (χ1n) is 10.2. The molecule has 0 aliphatic heterocycles. The number of rotatable bonds is 9. The largest absolute Gasteiger partial charge is 0.444 e. The van der Waals surface area contributed by atoms with Gasteiger partial charge in [-0.2, -0.15) is 0 Å². The number of pyridine rings is 1. The minimum absolute atomic E-state index is 0.0612. The highest BCUT2D eigenvalue weighted by Gasteiger charge is 2.20. The van der Waals surface area contributed by atoms with Crippen LogP contribution in [0.25, 0.3) is 11.3 Å². The van der Waals surface area contributed by atoms with Gasteiger partial charge in [0.25, 0.3) is 0 Å². The van der Waals surface area contributed by atoms with Crippen molar-refractivity contribution in [2.75, 3.05) is 18.1 Å². The van der Waals surface area contributed by atoms with Gasteiger partial charge in [-0.25, -0.2) is 18.6 Å². The van der Waals surface area contributed by atoms with Gasteiger partial charge in [-0.1, -0.05) is 29.8 Å². The molecule has 5 nitrogen and oxygen atoms in total. The van der Waals surface area contributed by atoms with Gasteiger partial charge in [0.1, 0.15) is 24.1 Å². The Morgan fingerprint density at radius 2 is 1.75 bits per heavy atom. The number of anilines is 1. The van der Waals surface area contributed by atoms with Crippen LogP contribution in [0.15, 0.2) is 60.7 Å². The lowest BCUT2D eigenvalue weighted by Gasteiger charge is -2.22. The Morgan fingerprint density at radius 3 is 2.47 bits per heavy atom. The summed E-state index contributed by atoms with van der Waals surface area (Å²) < 4.78 is 32.5. The average molecular weight is 461 g/mol. The van der Waals surface area contributed by atoms with Crippen LogP contribution in [-0.4, -0.2) is 29.3 Å². The summed E-state index contributed by atoms with van der Waals surface area (Å²) in [5.74, 6) is -0.544. The Bertz CT molecular complexity index is 1050. The van der Waals surface area contributed by atoms with Crippen LogP contribution in [0, 0.1) is 11.6 Å². The molecule has 1 heterocycles. The fraction of sp³-hybridized carbons (Fsp3) is 0.250. The zero-order valence-electron chi connectivity index (χ0n) is 17.3. The molecule has 32 heavy (non-hydrogen) atoms. The van der Waals surface area contributed by atoms with Crippen LogP contribution in [-0.2, 0) is 11.3 Å². The molecule has 1 N–H and O–H groups in total. The zero-order valence-corrected chi connectivity index (χ0v) is 18.1. The van der Waals surface area contributed by atoms with Crippen molar-refractivity contribution in [3.63, 3.8) is 0 Å². The summed E-state index contributed by atoms with van der Waals surface area (Å²) >= 11 is 6.30. The fourth-order valence-corrected chi connectivity index (χ4v) is 3.30. The molecule has 8 heteroatoms. The van der Waals surface area contributed by atoms with E-state index >= 15 is 0 Å². The minimum atomic E-state index is -0.683. The van der Waals surface area contributed by atoms with Crippen LogP contribution in [0.5, 0.6) is 0 Å². The van der Waals surface area contributed by atoms with Gasteiger partial charge in [-0.05, 0) is 61.7 Å². The molecule has 0 bridgehead atoms. The number of aromatic nitrogens is 1. The lowest BCUT2D eigenvalue weighted by molar-refractivity contribution is 0.145.